The molecular formula is C24H29ClN8O2. The molecule has 4 aromatic rings. The van der Waals surface area contributed by atoms with Gasteiger partial charge in [-0.3, -0.25) is 9.69 Å². The summed E-state index contributed by atoms with van der Waals surface area (Å²) in [5, 5.41) is 9.75. The zero-order chi connectivity index (χ0) is 24.7. The first-order valence-corrected chi connectivity index (χ1v) is 12.0. The number of benzene rings is 1. The van der Waals surface area contributed by atoms with Crippen LogP contribution >= 0.6 is 11.6 Å². The Labute approximate surface area is 207 Å². The largest absolute Gasteiger partial charge is 0.383 e. The van der Waals surface area contributed by atoms with Crippen LogP contribution < -0.4 is 11.1 Å². The third-order valence-corrected chi connectivity index (χ3v) is 6.57. The zero-order valence-electron chi connectivity index (χ0n) is 20.1. The quantitative estimate of drug-likeness (QED) is 0.387. The van der Waals surface area contributed by atoms with E-state index in [9.17, 15) is 4.79 Å². The summed E-state index contributed by atoms with van der Waals surface area (Å²) in [4.78, 5) is 27.0. The van der Waals surface area contributed by atoms with E-state index >= 15 is 0 Å². The van der Waals surface area contributed by atoms with Crippen molar-refractivity contribution in [3.05, 3.63) is 35.1 Å². The Hall–Kier alpha value is -3.21. The van der Waals surface area contributed by atoms with Crippen molar-refractivity contribution in [2.24, 2.45) is 0 Å². The number of nitrogens with two attached hydrogens (primary N) is 1. The summed E-state index contributed by atoms with van der Waals surface area (Å²) in [7, 11) is 0. The highest BCUT2D eigenvalue weighted by atomic mass is 35.5. The average Bonchev–Trinajstić information content (AvgIpc) is 3.38. The molecule has 0 unspecified atom stereocenters. The Balaban J connectivity index is 1.45. The van der Waals surface area contributed by atoms with E-state index in [1.165, 1.54) is 6.33 Å². The number of carbonyl (C=O) groups is 1. The lowest BCUT2D eigenvalue weighted by molar-refractivity contribution is 0.0383. The first-order valence-electron chi connectivity index (χ1n) is 11.6. The van der Waals surface area contributed by atoms with Crippen LogP contribution in [0.5, 0.6) is 0 Å². The maximum Gasteiger partial charge on any atom is 0.251 e. The standard InChI is InChI=1S/C24H29ClN8O2/c1-24(2,3)33-22-17(21(26)28-13-29-22)19(31-33)20-18(25)15-5-4-14(12-16(15)30-20)23(34)27-6-7-32-8-10-35-11-9-32/h4-5,12-13,30H,6-11H2,1-3H3,(H,27,34)(H2,26,28,29). The van der Waals surface area contributed by atoms with Gasteiger partial charge in [-0.2, -0.15) is 5.10 Å². The molecule has 5 rings (SSSR count). The van der Waals surface area contributed by atoms with Crippen LogP contribution in [0.2, 0.25) is 5.02 Å². The number of halogens is 1. The molecule has 3 aromatic heterocycles. The maximum atomic E-state index is 12.8. The molecule has 1 aromatic carbocycles. The van der Waals surface area contributed by atoms with E-state index in [-0.39, 0.29) is 11.4 Å². The van der Waals surface area contributed by atoms with Gasteiger partial charge in [0, 0.05) is 42.6 Å². The molecule has 1 fully saturated rings. The van der Waals surface area contributed by atoms with Crippen LogP contribution in [-0.4, -0.2) is 74.9 Å². The number of morpholine rings is 1. The molecule has 0 atom stereocenters. The summed E-state index contributed by atoms with van der Waals surface area (Å²) in [5.74, 6) is 0.197. The zero-order valence-corrected chi connectivity index (χ0v) is 20.8. The van der Waals surface area contributed by atoms with Gasteiger partial charge in [-0.15, -0.1) is 0 Å². The van der Waals surface area contributed by atoms with Gasteiger partial charge < -0.3 is 20.8 Å². The Morgan fingerprint density at radius 2 is 2.03 bits per heavy atom. The summed E-state index contributed by atoms with van der Waals surface area (Å²) >= 11 is 6.79. The van der Waals surface area contributed by atoms with Crippen molar-refractivity contribution in [2.75, 3.05) is 45.1 Å². The topological polar surface area (TPSA) is 127 Å². The van der Waals surface area contributed by atoms with Crippen molar-refractivity contribution >= 4 is 45.3 Å². The number of aromatic nitrogens is 5. The number of nitrogens with zero attached hydrogens (tertiary/aromatic N) is 5. The smallest absolute Gasteiger partial charge is 0.251 e. The first-order chi connectivity index (χ1) is 16.7. The minimum atomic E-state index is -0.331. The SMILES string of the molecule is CC(C)(C)n1nc(-c2[nH]c3cc(C(=O)NCCN4CCOCC4)ccc3c2Cl)c2c(N)ncnc21. The molecule has 0 radical (unpaired) electrons. The number of fused-ring (bicyclic) bond motifs is 2. The second-order valence-corrected chi connectivity index (χ2v) is 10.1. The Bertz CT molecular complexity index is 1400. The molecule has 184 valence electrons. The lowest BCUT2D eigenvalue weighted by Gasteiger charge is -2.26. The fourth-order valence-electron chi connectivity index (χ4n) is 4.34. The highest BCUT2D eigenvalue weighted by molar-refractivity contribution is 6.38. The molecule has 0 spiro atoms. The van der Waals surface area contributed by atoms with E-state index in [0.29, 0.717) is 45.4 Å². The van der Waals surface area contributed by atoms with E-state index in [1.807, 2.05) is 31.5 Å². The van der Waals surface area contributed by atoms with Crippen LogP contribution in [0.15, 0.2) is 24.5 Å². The minimum absolute atomic E-state index is 0.132. The van der Waals surface area contributed by atoms with Gasteiger partial charge in [-0.1, -0.05) is 17.7 Å². The molecule has 1 aliphatic heterocycles. The van der Waals surface area contributed by atoms with Gasteiger partial charge in [0.15, 0.2) is 5.65 Å². The maximum absolute atomic E-state index is 12.8. The van der Waals surface area contributed by atoms with Crippen LogP contribution in [0, 0.1) is 0 Å². The molecule has 0 aliphatic carbocycles. The number of nitrogens with one attached hydrogen (secondary N) is 2. The molecule has 4 heterocycles. The third-order valence-electron chi connectivity index (χ3n) is 6.18. The average molecular weight is 497 g/mol. The summed E-state index contributed by atoms with van der Waals surface area (Å²) in [6.07, 6.45) is 1.43. The van der Waals surface area contributed by atoms with Crippen molar-refractivity contribution in [3.8, 4) is 11.4 Å². The van der Waals surface area contributed by atoms with Crippen molar-refractivity contribution in [1.29, 1.82) is 0 Å². The number of hydrogen-bond acceptors (Lipinski definition) is 7. The number of aromatic amines is 1. The van der Waals surface area contributed by atoms with Gasteiger partial charge in [0.05, 0.1) is 34.9 Å². The summed E-state index contributed by atoms with van der Waals surface area (Å²) in [6.45, 7) is 10.7. The van der Waals surface area contributed by atoms with Crippen LogP contribution in [-0.2, 0) is 10.3 Å². The Morgan fingerprint density at radius 1 is 1.26 bits per heavy atom. The molecule has 1 aliphatic rings. The van der Waals surface area contributed by atoms with Crippen molar-refractivity contribution < 1.29 is 9.53 Å². The minimum Gasteiger partial charge on any atom is -0.383 e. The molecule has 1 saturated heterocycles. The van der Waals surface area contributed by atoms with Gasteiger partial charge in [-0.05, 0) is 32.9 Å². The Morgan fingerprint density at radius 3 is 2.77 bits per heavy atom. The molecule has 10 nitrogen and oxygen atoms in total. The highest BCUT2D eigenvalue weighted by Crippen LogP contribution is 2.39. The van der Waals surface area contributed by atoms with Gasteiger partial charge in [0.25, 0.3) is 5.91 Å². The summed E-state index contributed by atoms with van der Waals surface area (Å²) < 4.78 is 7.19. The summed E-state index contributed by atoms with van der Waals surface area (Å²) in [5.41, 5.74) is 9.01. The fraction of sp³-hybridized carbons (Fsp3) is 0.417. The molecule has 0 bridgehead atoms. The molecule has 35 heavy (non-hydrogen) atoms. The van der Waals surface area contributed by atoms with E-state index in [0.717, 1.165) is 43.8 Å². The third kappa shape index (κ3) is 4.44. The van der Waals surface area contributed by atoms with E-state index in [2.05, 4.69) is 25.2 Å². The van der Waals surface area contributed by atoms with Gasteiger partial charge in [-0.25, -0.2) is 14.6 Å². The molecule has 4 N–H and O–H groups in total. The second-order valence-electron chi connectivity index (χ2n) is 9.67. The molecule has 11 heteroatoms. The predicted octanol–water partition coefficient (Wildman–Crippen LogP) is 3.03. The molecule has 0 saturated carbocycles. The van der Waals surface area contributed by atoms with Gasteiger partial charge in [0.2, 0.25) is 0 Å². The number of anilines is 1. The number of carbonyl (C=O) groups excluding carboxylic acids is 1. The number of rotatable bonds is 5. The van der Waals surface area contributed by atoms with E-state index in [4.69, 9.17) is 27.2 Å². The second kappa shape index (κ2) is 9.10. The van der Waals surface area contributed by atoms with Crippen LogP contribution in [0.4, 0.5) is 5.82 Å². The highest BCUT2D eigenvalue weighted by Gasteiger charge is 2.26. The van der Waals surface area contributed by atoms with Gasteiger partial charge >= 0.3 is 0 Å². The molecule has 1 amide bonds. The monoisotopic (exact) mass is 496 g/mol. The number of hydrogen-bond donors (Lipinski definition) is 3. The van der Waals surface area contributed by atoms with Gasteiger partial charge in [0.1, 0.15) is 17.8 Å². The predicted molar refractivity (Wildman–Crippen MR) is 137 cm³/mol. The van der Waals surface area contributed by atoms with E-state index < -0.39 is 0 Å². The number of nitrogen functional groups attached to an aromatic ring is 1. The van der Waals surface area contributed by atoms with Crippen LogP contribution in [0.25, 0.3) is 33.3 Å². The number of amides is 1. The normalized spacial score (nSPS) is 15.2. The summed E-state index contributed by atoms with van der Waals surface area (Å²) in [6, 6.07) is 5.42. The van der Waals surface area contributed by atoms with E-state index in [1.54, 1.807) is 12.1 Å². The van der Waals surface area contributed by atoms with Crippen molar-refractivity contribution in [2.45, 2.75) is 26.3 Å². The van der Waals surface area contributed by atoms with Crippen molar-refractivity contribution in [1.82, 2.24) is 34.9 Å². The number of ether oxygens (including phenoxy) is 1. The van der Waals surface area contributed by atoms with Crippen LogP contribution in [0.3, 0.4) is 0 Å². The fourth-order valence-corrected chi connectivity index (χ4v) is 4.64. The first kappa shape index (κ1) is 23.5. The Kier molecular flexibility index (Phi) is 6.12. The molecular weight excluding hydrogens is 468 g/mol. The van der Waals surface area contributed by atoms with Crippen LogP contribution in [0.1, 0.15) is 31.1 Å². The lowest BCUT2D eigenvalue weighted by atomic mass is 10.1. The number of H-pyrrole nitrogens is 1. The lowest BCUT2D eigenvalue weighted by Crippen LogP contribution is -2.41. The van der Waals surface area contributed by atoms with Crippen molar-refractivity contribution in [3.63, 3.8) is 0 Å².